The summed E-state index contributed by atoms with van der Waals surface area (Å²) >= 11 is 6.98. The van der Waals surface area contributed by atoms with Gasteiger partial charge >= 0.3 is 5.97 Å². The molecule has 1 aromatic rings. The highest BCUT2D eigenvalue weighted by atomic mass is 35.5. The minimum Gasteiger partial charge on any atom is -0.469 e. The minimum atomic E-state index is -0.474. The molecule has 2 amide bonds. The molecule has 1 aromatic carbocycles. The summed E-state index contributed by atoms with van der Waals surface area (Å²) in [6.45, 7) is 1.72. The number of rotatable bonds is 6. The maximum atomic E-state index is 11.8. The molecule has 21 heavy (non-hydrogen) atoms. The van der Waals surface area contributed by atoms with Gasteiger partial charge in [-0.25, -0.2) is 0 Å². The maximum absolute atomic E-state index is 11.8. The van der Waals surface area contributed by atoms with Crippen LogP contribution in [0.5, 0.6) is 0 Å². The Kier molecular flexibility index (Phi) is 7.25. The Morgan fingerprint density at radius 2 is 1.90 bits per heavy atom. The van der Waals surface area contributed by atoms with Gasteiger partial charge in [0.1, 0.15) is 0 Å². The predicted octanol–water partition coefficient (Wildman–Crippen LogP) is 2.14. The van der Waals surface area contributed by atoms with E-state index in [1.807, 2.05) is 0 Å². The number of imide groups is 1. The topological polar surface area (TPSA) is 72.5 Å². The number of amides is 2. The van der Waals surface area contributed by atoms with Crippen LogP contribution in [0.1, 0.15) is 17.3 Å². The van der Waals surface area contributed by atoms with E-state index in [0.29, 0.717) is 16.3 Å². The lowest BCUT2D eigenvalue weighted by Gasteiger charge is -2.08. The van der Waals surface area contributed by atoms with Crippen molar-refractivity contribution in [2.24, 2.45) is 5.92 Å². The monoisotopic (exact) mass is 329 g/mol. The molecule has 1 rings (SSSR count). The molecule has 7 heteroatoms. The lowest BCUT2D eigenvalue weighted by Crippen LogP contribution is -2.32. The van der Waals surface area contributed by atoms with Crippen LogP contribution < -0.4 is 5.32 Å². The highest BCUT2D eigenvalue weighted by molar-refractivity contribution is 7.99. The molecule has 0 fully saturated rings. The average molecular weight is 330 g/mol. The van der Waals surface area contributed by atoms with Crippen molar-refractivity contribution in [3.63, 3.8) is 0 Å². The quantitative estimate of drug-likeness (QED) is 0.809. The highest BCUT2D eigenvalue weighted by Gasteiger charge is 2.15. The van der Waals surface area contributed by atoms with Crippen LogP contribution in [0, 0.1) is 5.92 Å². The number of carbonyl (C=O) groups is 3. The standard InChI is InChI=1S/C14H16ClNO4S/c1-9(14(19)20-2)7-21-8-12(17)16-13(18)10-3-5-11(15)6-4-10/h3-6,9H,7-8H2,1-2H3,(H,16,17,18). The number of methoxy groups -OCH3 is 1. The summed E-state index contributed by atoms with van der Waals surface area (Å²) < 4.78 is 4.58. The maximum Gasteiger partial charge on any atom is 0.309 e. The van der Waals surface area contributed by atoms with E-state index in [2.05, 4.69) is 10.1 Å². The van der Waals surface area contributed by atoms with Gasteiger partial charge in [0, 0.05) is 16.3 Å². The molecule has 0 heterocycles. The second-order valence-electron chi connectivity index (χ2n) is 4.32. The third-order valence-electron chi connectivity index (χ3n) is 2.56. The van der Waals surface area contributed by atoms with E-state index >= 15 is 0 Å². The number of nitrogens with one attached hydrogen (secondary N) is 1. The summed E-state index contributed by atoms with van der Waals surface area (Å²) in [5, 5.41) is 2.79. The van der Waals surface area contributed by atoms with Gasteiger partial charge in [0.15, 0.2) is 0 Å². The Morgan fingerprint density at radius 1 is 1.29 bits per heavy atom. The highest BCUT2D eigenvalue weighted by Crippen LogP contribution is 2.11. The molecule has 0 aliphatic heterocycles. The first-order valence-electron chi connectivity index (χ1n) is 6.19. The van der Waals surface area contributed by atoms with E-state index in [1.165, 1.54) is 31.0 Å². The molecule has 0 aliphatic carbocycles. The van der Waals surface area contributed by atoms with E-state index in [4.69, 9.17) is 11.6 Å². The molecular weight excluding hydrogens is 314 g/mol. The molecule has 0 bridgehead atoms. The molecule has 0 spiro atoms. The second kappa shape index (κ2) is 8.69. The SMILES string of the molecule is COC(=O)C(C)CSCC(=O)NC(=O)c1ccc(Cl)cc1. The first kappa shape index (κ1) is 17.5. The van der Waals surface area contributed by atoms with Gasteiger partial charge in [0.2, 0.25) is 5.91 Å². The van der Waals surface area contributed by atoms with Crippen molar-refractivity contribution in [2.45, 2.75) is 6.92 Å². The second-order valence-corrected chi connectivity index (χ2v) is 5.79. The first-order valence-corrected chi connectivity index (χ1v) is 7.72. The van der Waals surface area contributed by atoms with Crippen molar-refractivity contribution < 1.29 is 19.1 Å². The third-order valence-corrected chi connectivity index (χ3v) is 4.02. The molecular formula is C14H16ClNO4S. The van der Waals surface area contributed by atoms with Gasteiger partial charge in [-0.15, -0.1) is 0 Å². The molecule has 1 atom stereocenters. The number of halogens is 1. The molecule has 114 valence electrons. The summed E-state index contributed by atoms with van der Waals surface area (Å²) in [6.07, 6.45) is 0. The molecule has 0 saturated heterocycles. The van der Waals surface area contributed by atoms with Crippen LogP contribution in [-0.2, 0) is 14.3 Å². The molecule has 1 N–H and O–H groups in total. The largest absolute Gasteiger partial charge is 0.469 e. The normalized spacial score (nSPS) is 11.6. The van der Waals surface area contributed by atoms with Crippen molar-refractivity contribution >= 4 is 41.1 Å². The van der Waals surface area contributed by atoms with Crippen molar-refractivity contribution in [2.75, 3.05) is 18.6 Å². The molecule has 0 aliphatic rings. The van der Waals surface area contributed by atoms with Gasteiger partial charge < -0.3 is 4.74 Å². The predicted molar refractivity (Wildman–Crippen MR) is 82.4 cm³/mol. The van der Waals surface area contributed by atoms with Gasteiger partial charge in [-0.3, -0.25) is 19.7 Å². The number of hydrogen-bond acceptors (Lipinski definition) is 5. The van der Waals surface area contributed by atoms with E-state index in [1.54, 1.807) is 19.1 Å². The first-order chi connectivity index (χ1) is 9.93. The summed E-state index contributed by atoms with van der Waals surface area (Å²) in [5.74, 6) is -0.939. The lowest BCUT2D eigenvalue weighted by molar-refractivity contribution is -0.144. The molecule has 0 radical (unpaired) electrons. The Balaban J connectivity index is 2.35. The number of esters is 1. The summed E-state index contributed by atoms with van der Waals surface area (Å²) in [7, 11) is 1.32. The van der Waals surface area contributed by atoms with Gasteiger partial charge in [-0.05, 0) is 24.3 Å². The lowest BCUT2D eigenvalue weighted by atomic mass is 10.2. The third kappa shape index (κ3) is 6.18. The van der Waals surface area contributed by atoms with Crippen molar-refractivity contribution in [3.8, 4) is 0 Å². The number of carbonyl (C=O) groups excluding carboxylic acids is 3. The number of ether oxygens (including phenoxy) is 1. The Hall–Kier alpha value is -1.53. The van der Waals surface area contributed by atoms with Gasteiger partial charge in [0.05, 0.1) is 18.8 Å². The van der Waals surface area contributed by atoms with E-state index in [0.717, 1.165) is 0 Å². The summed E-state index contributed by atoms with van der Waals surface area (Å²) in [6, 6.07) is 6.23. The zero-order valence-corrected chi connectivity index (χ0v) is 13.3. The zero-order valence-electron chi connectivity index (χ0n) is 11.7. The molecule has 5 nitrogen and oxygen atoms in total. The minimum absolute atomic E-state index is 0.0979. The van der Waals surface area contributed by atoms with Crippen molar-refractivity contribution in [1.29, 1.82) is 0 Å². The summed E-state index contributed by atoms with van der Waals surface area (Å²) in [5.41, 5.74) is 0.362. The Bertz CT molecular complexity index is 518. The fourth-order valence-corrected chi connectivity index (χ4v) is 2.42. The molecule has 0 saturated carbocycles. The Morgan fingerprint density at radius 3 is 2.48 bits per heavy atom. The van der Waals surface area contributed by atoms with E-state index in [9.17, 15) is 14.4 Å². The number of benzene rings is 1. The number of hydrogen-bond donors (Lipinski definition) is 1. The van der Waals surface area contributed by atoms with Crippen LogP contribution in [0.4, 0.5) is 0 Å². The van der Waals surface area contributed by atoms with Crippen LogP contribution in [-0.4, -0.2) is 36.4 Å². The van der Waals surface area contributed by atoms with Crippen molar-refractivity contribution in [1.82, 2.24) is 5.32 Å². The van der Waals surface area contributed by atoms with E-state index < -0.39 is 11.8 Å². The van der Waals surface area contributed by atoms with Crippen LogP contribution in [0.2, 0.25) is 5.02 Å². The molecule has 1 unspecified atom stereocenters. The van der Waals surface area contributed by atoms with Crippen LogP contribution in [0.15, 0.2) is 24.3 Å². The van der Waals surface area contributed by atoms with Crippen LogP contribution >= 0.6 is 23.4 Å². The van der Waals surface area contributed by atoms with Gasteiger partial charge in [-0.1, -0.05) is 18.5 Å². The fourth-order valence-electron chi connectivity index (χ4n) is 1.43. The number of thioether (sulfide) groups is 1. The van der Waals surface area contributed by atoms with Gasteiger partial charge in [0.25, 0.3) is 5.91 Å². The zero-order chi connectivity index (χ0) is 15.8. The van der Waals surface area contributed by atoms with Crippen LogP contribution in [0.25, 0.3) is 0 Å². The van der Waals surface area contributed by atoms with Crippen LogP contribution in [0.3, 0.4) is 0 Å². The van der Waals surface area contributed by atoms with E-state index in [-0.39, 0.29) is 17.6 Å². The fraction of sp³-hybridized carbons (Fsp3) is 0.357. The molecule has 0 aromatic heterocycles. The average Bonchev–Trinajstić information content (AvgIpc) is 2.46. The van der Waals surface area contributed by atoms with Gasteiger partial charge in [-0.2, -0.15) is 11.8 Å². The smallest absolute Gasteiger partial charge is 0.309 e. The Labute approximate surface area is 132 Å². The summed E-state index contributed by atoms with van der Waals surface area (Å²) in [4.78, 5) is 34.6. The van der Waals surface area contributed by atoms with Crippen molar-refractivity contribution in [3.05, 3.63) is 34.9 Å².